The van der Waals surface area contributed by atoms with E-state index >= 15 is 0 Å². The van der Waals surface area contributed by atoms with E-state index in [0.717, 1.165) is 24.4 Å². The Morgan fingerprint density at radius 2 is 1.88 bits per heavy atom. The first-order valence-electron chi connectivity index (χ1n) is 7.57. The van der Waals surface area contributed by atoms with Crippen LogP contribution in [0.5, 0.6) is 0 Å². The third kappa shape index (κ3) is 5.39. The van der Waals surface area contributed by atoms with Gasteiger partial charge in [0.05, 0.1) is 0 Å². The van der Waals surface area contributed by atoms with Crippen LogP contribution < -0.4 is 5.73 Å². The van der Waals surface area contributed by atoms with Gasteiger partial charge in [0.25, 0.3) is 0 Å². The van der Waals surface area contributed by atoms with Gasteiger partial charge in [-0.15, -0.1) is 0 Å². The molecule has 1 unspecified atom stereocenters. The Kier molecular flexibility index (Phi) is 7.14. The Hall–Kier alpha value is -0.0800. The first-order valence-corrected chi connectivity index (χ1v) is 7.57. The summed E-state index contributed by atoms with van der Waals surface area (Å²) < 4.78 is 0. The highest BCUT2D eigenvalue weighted by Gasteiger charge is 2.23. The molecule has 0 bridgehead atoms. The van der Waals surface area contributed by atoms with Gasteiger partial charge in [-0.3, -0.25) is 0 Å². The molecule has 2 nitrogen and oxygen atoms in total. The van der Waals surface area contributed by atoms with Crippen LogP contribution in [0.2, 0.25) is 0 Å². The molecule has 1 rings (SSSR count). The molecule has 2 N–H and O–H groups in total. The van der Waals surface area contributed by atoms with Crippen molar-refractivity contribution in [2.45, 2.75) is 64.8 Å². The van der Waals surface area contributed by atoms with Crippen LogP contribution in [0.1, 0.15) is 58.8 Å². The standard InChI is InChI=1S/C15H32N2/c1-4-14-7-9-15(10-8-14)17(3)12-13(2)6-5-11-16/h13-15H,4-12,16H2,1-3H3. The molecule has 0 radical (unpaired) electrons. The molecule has 17 heavy (non-hydrogen) atoms. The number of nitrogens with zero attached hydrogens (tertiary/aromatic N) is 1. The Labute approximate surface area is 108 Å². The molecule has 0 aliphatic heterocycles. The maximum atomic E-state index is 5.57. The summed E-state index contributed by atoms with van der Waals surface area (Å²) in [6.45, 7) is 6.80. The second kappa shape index (κ2) is 8.10. The number of hydrogen-bond donors (Lipinski definition) is 1. The summed E-state index contributed by atoms with van der Waals surface area (Å²) in [6.07, 6.45) is 9.56. The second-order valence-electron chi connectivity index (χ2n) is 6.06. The Bertz CT molecular complexity index is 185. The van der Waals surface area contributed by atoms with Gasteiger partial charge in [0.15, 0.2) is 0 Å². The quantitative estimate of drug-likeness (QED) is 0.740. The van der Waals surface area contributed by atoms with Crippen molar-refractivity contribution >= 4 is 0 Å². The summed E-state index contributed by atoms with van der Waals surface area (Å²) in [5, 5.41) is 0. The number of hydrogen-bond acceptors (Lipinski definition) is 2. The van der Waals surface area contributed by atoms with E-state index in [1.165, 1.54) is 51.5 Å². The molecule has 0 aromatic carbocycles. The van der Waals surface area contributed by atoms with Gasteiger partial charge < -0.3 is 10.6 Å². The monoisotopic (exact) mass is 240 g/mol. The Balaban J connectivity index is 2.21. The average Bonchev–Trinajstić information content (AvgIpc) is 2.36. The predicted octanol–water partition coefficient (Wildman–Crippen LogP) is 3.26. The molecule has 0 aromatic heterocycles. The fourth-order valence-electron chi connectivity index (χ4n) is 3.19. The summed E-state index contributed by atoms with van der Waals surface area (Å²) in [5.74, 6) is 1.81. The lowest BCUT2D eigenvalue weighted by molar-refractivity contribution is 0.145. The summed E-state index contributed by atoms with van der Waals surface area (Å²) in [4.78, 5) is 2.60. The lowest BCUT2D eigenvalue weighted by atomic mass is 9.84. The zero-order chi connectivity index (χ0) is 12.7. The fourth-order valence-corrected chi connectivity index (χ4v) is 3.19. The molecule has 1 saturated carbocycles. The van der Waals surface area contributed by atoms with Crippen LogP contribution in [0.3, 0.4) is 0 Å². The highest BCUT2D eigenvalue weighted by Crippen LogP contribution is 2.29. The van der Waals surface area contributed by atoms with E-state index in [9.17, 15) is 0 Å². The topological polar surface area (TPSA) is 29.3 Å². The van der Waals surface area contributed by atoms with Crippen molar-refractivity contribution in [2.75, 3.05) is 20.1 Å². The van der Waals surface area contributed by atoms with Crippen LogP contribution in [-0.2, 0) is 0 Å². The van der Waals surface area contributed by atoms with Crippen LogP contribution >= 0.6 is 0 Å². The van der Waals surface area contributed by atoms with Crippen molar-refractivity contribution < 1.29 is 0 Å². The molecular weight excluding hydrogens is 208 g/mol. The Morgan fingerprint density at radius 1 is 1.24 bits per heavy atom. The molecule has 2 heteroatoms. The molecule has 1 aliphatic rings. The first kappa shape index (κ1) is 15.0. The maximum absolute atomic E-state index is 5.57. The van der Waals surface area contributed by atoms with Crippen molar-refractivity contribution in [3.8, 4) is 0 Å². The second-order valence-corrected chi connectivity index (χ2v) is 6.06. The van der Waals surface area contributed by atoms with Crippen molar-refractivity contribution in [2.24, 2.45) is 17.6 Å². The summed E-state index contributed by atoms with van der Waals surface area (Å²) >= 11 is 0. The van der Waals surface area contributed by atoms with Gasteiger partial charge in [0.1, 0.15) is 0 Å². The van der Waals surface area contributed by atoms with E-state index in [0.29, 0.717) is 0 Å². The van der Waals surface area contributed by atoms with E-state index < -0.39 is 0 Å². The molecule has 1 fully saturated rings. The molecule has 0 aromatic rings. The Morgan fingerprint density at radius 3 is 2.41 bits per heavy atom. The minimum Gasteiger partial charge on any atom is -0.330 e. The van der Waals surface area contributed by atoms with Crippen molar-refractivity contribution in [3.63, 3.8) is 0 Å². The van der Waals surface area contributed by atoms with E-state index in [2.05, 4.69) is 25.8 Å². The first-order chi connectivity index (χ1) is 8.17. The minimum absolute atomic E-state index is 0.799. The van der Waals surface area contributed by atoms with E-state index in [1.54, 1.807) is 0 Å². The van der Waals surface area contributed by atoms with Gasteiger partial charge >= 0.3 is 0 Å². The molecule has 102 valence electrons. The van der Waals surface area contributed by atoms with Crippen LogP contribution in [0.4, 0.5) is 0 Å². The molecule has 0 saturated heterocycles. The van der Waals surface area contributed by atoms with Crippen LogP contribution in [-0.4, -0.2) is 31.1 Å². The molecule has 1 aliphatic carbocycles. The van der Waals surface area contributed by atoms with Crippen molar-refractivity contribution in [1.82, 2.24) is 4.90 Å². The zero-order valence-electron chi connectivity index (χ0n) is 12.1. The van der Waals surface area contributed by atoms with Crippen molar-refractivity contribution in [3.05, 3.63) is 0 Å². The van der Waals surface area contributed by atoms with Crippen LogP contribution in [0.15, 0.2) is 0 Å². The lowest BCUT2D eigenvalue weighted by Gasteiger charge is -2.35. The molecule has 0 heterocycles. The largest absolute Gasteiger partial charge is 0.330 e. The number of nitrogens with two attached hydrogens (primary N) is 1. The van der Waals surface area contributed by atoms with Gasteiger partial charge in [-0.05, 0) is 64.0 Å². The SMILES string of the molecule is CCC1CCC(N(C)CC(C)CCCN)CC1. The van der Waals surface area contributed by atoms with E-state index in [1.807, 2.05) is 0 Å². The van der Waals surface area contributed by atoms with Crippen LogP contribution in [0, 0.1) is 11.8 Å². The van der Waals surface area contributed by atoms with Gasteiger partial charge in [-0.1, -0.05) is 20.3 Å². The summed E-state index contributed by atoms with van der Waals surface area (Å²) in [7, 11) is 2.32. The average molecular weight is 240 g/mol. The van der Waals surface area contributed by atoms with Crippen LogP contribution in [0.25, 0.3) is 0 Å². The third-order valence-electron chi connectivity index (χ3n) is 4.52. The predicted molar refractivity (Wildman–Crippen MR) is 76.1 cm³/mol. The van der Waals surface area contributed by atoms with Gasteiger partial charge in [-0.25, -0.2) is 0 Å². The molecular formula is C15H32N2. The normalized spacial score (nSPS) is 27.4. The molecule has 0 spiro atoms. The zero-order valence-corrected chi connectivity index (χ0v) is 12.1. The third-order valence-corrected chi connectivity index (χ3v) is 4.52. The summed E-state index contributed by atoms with van der Waals surface area (Å²) in [5.41, 5.74) is 5.57. The molecule has 0 amide bonds. The molecule has 1 atom stereocenters. The van der Waals surface area contributed by atoms with Gasteiger partial charge in [0, 0.05) is 12.6 Å². The number of rotatable bonds is 7. The minimum atomic E-state index is 0.799. The highest BCUT2D eigenvalue weighted by atomic mass is 15.1. The van der Waals surface area contributed by atoms with Gasteiger partial charge in [-0.2, -0.15) is 0 Å². The fraction of sp³-hybridized carbons (Fsp3) is 1.00. The smallest absolute Gasteiger partial charge is 0.00925 e. The lowest BCUT2D eigenvalue weighted by Crippen LogP contribution is -2.37. The van der Waals surface area contributed by atoms with E-state index in [-0.39, 0.29) is 0 Å². The van der Waals surface area contributed by atoms with Gasteiger partial charge in [0.2, 0.25) is 0 Å². The maximum Gasteiger partial charge on any atom is 0.00925 e. The highest BCUT2D eigenvalue weighted by molar-refractivity contribution is 4.78. The van der Waals surface area contributed by atoms with E-state index in [4.69, 9.17) is 5.73 Å². The van der Waals surface area contributed by atoms with Crippen molar-refractivity contribution in [1.29, 1.82) is 0 Å². The summed E-state index contributed by atoms with van der Waals surface area (Å²) in [6, 6.07) is 0.845.